The number of methoxy groups -OCH3 is 1. The minimum atomic E-state index is 0.540. The molecule has 0 saturated heterocycles. The molecule has 0 unspecified atom stereocenters. The zero-order valence-electron chi connectivity index (χ0n) is 11.0. The first-order valence-corrected chi connectivity index (χ1v) is 6.16. The Labute approximate surface area is 104 Å². The maximum atomic E-state index is 5.67. The van der Waals surface area contributed by atoms with Crippen LogP contribution in [0, 0.1) is 0 Å². The number of benzene rings is 1. The molecule has 0 aromatic heterocycles. The molecule has 0 aliphatic heterocycles. The molecule has 0 atom stereocenters. The van der Waals surface area contributed by atoms with E-state index in [9.17, 15) is 0 Å². The van der Waals surface area contributed by atoms with Crippen molar-refractivity contribution in [2.45, 2.75) is 19.8 Å². The van der Waals surface area contributed by atoms with Crippen molar-refractivity contribution >= 4 is 0 Å². The van der Waals surface area contributed by atoms with Crippen molar-refractivity contribution in [3.05, 3.63) is 29.8 Å². The lowest BCUT2D eigenvalue weighted by atomic mass is 10.0. The van der Waals surface area contributed by atoms with Crippen LogP contribution in [0.2, 0.25) is 0 Å². The van der Waals surface area contributed by atoms with Crippen LogP contribution in [0.1, 0.15) is 25.3 Å². The summed E-state index contributed by atoms with van der Waals surface area (Å²) in [6, 6.07) is 8.29. The van der Waals surface area contributed by atoms with Crippen LogP contribution in [0.3, 0.4) is 0 Å². The van der Waals surface area contributed by atoms with Gasteiger partial charge in [-0.25, -0.2) is 0 Å². The Morgan fingerprint density at radius 1 is 1.18 bits per heavy atom. The molecule has 0 heterocycles. The van der Waals surface area contributed by atoms with Gasteiger partial charge >= 0.3 is 0 Å². The molecular weight excluding hydrogens is 214 g/mol. The predicted molar refractivity (Wildman–Crippen MR) is 70.8 cm³/mol. The van der Waals surface area contributed by atoms with Crippen LogP contribution in [-0.4, -0.2) is 33.4 Å². The summed E-state index contributed by atoms with van der Waals surface area (Å²) in [5.74, 6) is 1.49. The Bertz CT molecular complexity index is 313. The van der Waals surface area contributed by atoms with Crippen molar-refractivity contribution in [1.29, 1.82) is 0 Å². The van der Waals surface area contributed by atoms with E-state index in [-0.39, 0.29) is 0 Å². The fourth-order valence-corrected chi connectivity index (χ4v) is 1.50. The Hall–Kier alpha value is -1.06. The van der Waals surface area contributed by atoms with Crippen LogP contribution in [0.25, 0.3) is 0 Å². The summed E-state index contributed by atoms with van der Waals surface area (Å²) >= 11 is 0. The summed E-state index contributed by atoms with van der Waals surface area (Å²) in [7, 11) is 1.70. The average Bonchev–Trinajstić information content (AvgIpc) is 2.34. The van der Waals surface area contributed by atoms with E-state index in [1.807, 2.05) is 12.1 Å². The van der Waals surface area contributed by atoms with Crippen molar-refractivity contribution in [1.82, 2.24) is 5.32 Å². The van der Waals surface area contributed by atoms with E-state index in [4.69, 9.17) is 9.47 Å². The van der Waals surface area contributed by atoms with Gasteiger partial charge in [-0.3, -0.25) is 0 Å². The fourth-order valence-electron chi connectivity index (χ4n) is 1.50. The molecule has 1 aromatic carbocycles. The lowest BCUT2D eigenvalue weighted by molar-refractivity contribution is 0.197. The topological polar surface area (TPSA) is 30.5 Å². The fraction of sp³-hybridized carbons (Fsp3) is 0.571. The van der Waals surface area contributed by atoms with E-state index in [0.717, 1.165) is 25.4 Å². The molecule has 17 heavy (non-hydrogen) atoms. The van der Waals surface area contributed by atoms with E-state index in [1.54, 1.807) is 7.11 Å². The minimum Gasteiger partial charge on any atom is -0.492 e. The molecule has 3 heteroatoms. The number of nitrogens with one attached hydrogen (secondary N) is 1. The summed E-state index contributed by atoms with van der Waals surface area (Å²) in [5.41, 5.74) is 1.31. The molecule has 0 fully saturated rings. The molecule has 0 aliphatic carbocycles. The summed E-state index contributed by atoms with van der Waals surface area (Å²) in [6.45, 7) is 7.51. The van der Waals surface area contributed by atoms with Gasteiger partial charge in [-0.05, 0) is 23.6 Å². The zero-order chi connectivity index (χ0) is 12.5. The lowest BCUT2D eigenvalue weighted by Crippen LogP contribution is -2.24. The van der Waals surface area contributed by atoms with Crippen molar-refractivity contribution in [3.63, 3.8) is 0 Å². The van der Waals surface area contributed by atoms with Crippen LogP contribution in [-0.2, 0) is 4.74 Å². The third-order valence-corrected chi connectivity index (χ3v) is 2.56. The van der Waals surface area contributed by atoms with Crippen LogP contribution >= 0.6 is 0 Å². The van der Waals surface area contributed by atoms with Gasteiger partial charge in [0.25, 0.3) is 0 Å². The molecule has 0 saturated carbocycles. The molecule has 1 rings (SSSR count). The Kier molecular flexibility index (Phi) is 6.67. The quantitative estimate of drug-likeness (QED) is 0.704. The monoisotopic (exact) mass is 237 g/mol. The first-order chi connectivity index (χ1) is 8.24. The van der Waals surface area contributed by atoms with Crippen LogP contribution in [0.5, 0.6) is 5.75 Å². The Balaban J connectivity index is 2.24. The van der Waals surface area contributed by atoms with Gasteiger partial charge in [0.1, 0.15) is 12.4 Å². The van der Waals surface area contributed by atoms with E-state index in [0.29, 0.717) is 12.5 Å². The average molecular weight is 237 g/mol. The van der Waals surface area contributed by atoms with Gasteiger partial charge in [-0.2, -0.15) is 0 Å². The molecular formula is C14H23NO2. The van der Waals surface area contributed by atoms with Gasteiger partial charge in [-0.15, -0.1) is 0 Å². The van der Waals surface area contributed by atoms with Crippen molar-refractivity contribution in [2.75, 3.05) is 33.4 Å². The highest BCUT2D eigenvalue weighted by molar-refractivity contribution is 5.30. The van der Waals surface area contributed by atoms with E-state index in [1.165, 1.54) is 5.56 Å². The van der Waals surface area contributed by atoms with Crippen LogP contribution in [0.15, 0.2) is 24.3 Å². The maximum Gasteiger partial charge on any atom is 0.119 e. The predicted octanol–water partition coefficient (Wildman–Crippen LogP) is 2.42. The largest absolute Gasteiger partial charge is 0.492 e. The minimum absolute atomic E-state index is 0.540. The molecule has 3 nitrogen and oxygen atoms in total. The summed E-state index contributed by atoms with van der Waals surface area (Å²) in [5, 5.41) is 3.24. The van der Waals surface area contributed by atoms with Gasteiger partial charge in [0.05, 0.1) is 6.61 Å². The van der Waals surface area contributed by atoms with E-state index in [2.05, 4.69) is 31.3 Å². The Morgan fingerprint density at radius 3 is 2.65 bits per heavy atom. The second kappa shape index (κ2) is 8.09. The summed E-state index contributed by atoms with van der Waals surface area (Å²) < 4.78 is 10.6. The first-order valence-electron chi connectivity index (χ1n) is 6.16. The van der Waals surface area contributed by atoms with Crippen molar-refractivity contribution in [2.24, 2.45) is 0 Å². The van der Waals surface area contributed by atoms with E-state index >= 15 is 0 Å². The van der Waals surface area contributed by atoms with E-state index < -0.39 is 0 Å². The molecule has 0 bridgehead atoms. The highest BCUT2D eigenvalue weighted by Gasteiger charge is 2.00. The standard InChI is InChI=1S/C14H23NO2/c1-12(2)13-5-4-6-14(11-13)17-10-8-15-7-9-16-3/h4-6,11-12,15H,7-10H2,1-3H3. The highest BCUT2D eigenvalue weighted by atomic mass is 16.5. The van der Waals surface area contributed by atoms with Crippen LogP contribution in [0.4, 0.5) is 0 Å². The third-order valence-electron chi connectivity index (χ3n) is 2.56. The summed E-state index contributed by atoms with van der Waals surface area (Å²) in [6.07, 6.45) is 0. The number of hydrogen-bond acceptors (Lipinski definition) is 3. The number of hydrogen-bond donors (Lipinski definition) is 1. The number of ether oxygens (including phenoxy) is 2. The van der Waals surface area contributed by atoms with Crippen LogP contribution < -0.4 is 10.1 Å². The maximum absolute atomic E-state index is 5.67. The molecule has 0 aliphatic rings. The van der Waals surface area contributed by atoms with Gasteiger partial charge < -0.3 is 14.8 Å². The smallest absolute Gasteiger partial charge is 0.119 e. The molecule has 1 N–H and O–H groups in total. The molecule has 96 valence electrons. The number of rotatable bonds is 8. The zero-order valence-corrected chi connectivity index (χ0v) is 11.0. The molecule has 0 radical (unpaired) electrons. The molecule has 0 spiro atoms. The second-order valence-corrected chi connectivity index (χ2v) is 4.32. The highest BCUT2D eigenvalue weighted by Crippen LogP contribution is 2.19. The van der Waals surface area contributed by atoms with Gasteiger partial charge in [0.2, 0.25) is 0 Å². The summed E-state index contributed by atoms with van der Waals surface area (Å²) in [4.78, 5) is 0. The SMILES string of the molecule is COCCNCCOc1cccc(C(C)C)c1. The van der Waals surface area contributed by atoms with Crippen molar-refractivity contribution < 1.29 is 9.47 Å². The molecule has 0 amide bonds. The van der Waals surface area contributed by atoms with Crippen molar-refractivity contribution in [3.8, 4) is 5.75 Å². The third kappa shape index (κ3) is 5.71. The first kappa shape index (κ1) is 14.0. The second-order valence-electron chi connectivity index (χ2n) is 4.32. The lowest BCUT2D eigenvalue weighted by Gasteiger charge is -2.10. The van der Waals surface area contributed by atoms with Gasteiger partial charge in [0.15, 0.2) is 0 Å². The molecule has 1 aromatic rings. The normalized spacial score (nSPS) is 10.8. The van der Waals surface area contributed by atoms with Gasteiger partial charge in [0, 0.05) is 20.2 Å². The Morgan fingerprint density at radius 2 is 1.94 bits per heavy atom. The van der Waals surface area contributed by atoms with Gasteiger partial charge in [-0.1, -0.05) is 26.0 Å².